The van der Waals surface area contributed by atoms with Crippen molar-refractivity contribution in [2.24, 2.45) is 0 Å². The Morgan fingerprint density at radius 3 is 2.40 bits per heavy atom. The number of nitrogen functional groups attached to an aromatic ring is 1. The topological polar surface area (TPSA) is 56.7 Å². The quantitative estimate of drug-likeness (QED) is 0.791. The third-order valence-electron chi connectivity index (χ3n) is 3.35. The summed E-state index contributed by atoms with van der Waals surface area (Å²) in [6.07, 6.45) is 3.58. The maximum absolute atomic E-state index is 6.15. The summed E-state index contributed by atoms with van der Waals surface area (Å²) in [5.41, 5.74) is 9.16. The van der Waals surface area contributed by atoms with Crippen LogP contribution in [0.15, 0.2) is 60.9 Å². The van der Waals surface area contributed by atoms with E-state index in [0.717, 1.165) is 16.8 Å². The third-order valence-corrected chi connectivity index (χ3v) is 3.35. The molecule has 0 aliphatic carbocycles. The molecule has 0 bridgehead atoms. The first-order valence-electron chi connectivity index (χ1n) is 6.53. The molecule has 3 rings (SSSR count). The second-order valence-electron chi connectivity index (χ2n) is 4.73. The molecule has 2 N–H and O–H groups in total. The van der Waals surface area contributed by atoms with Crippen LogP contribution < -0.4 is 5.73 Å². The molecule has 0 saturated heterocycles. The highest BCUT2D eigenvalue weighted by molar-refractivity contribution is 5.41. The molecule has 4 nitrogen and oxygen atoms in total. The molecule has 2 aromatic heterocycles. The first-order valence-corrected chi connectivity index (χ1v) is 6.53. The minimum absolute atomic E-state index is 0.105. The number of nitrogens with two attached hydrogens (primary N) is 1. The Bertz CT molecular complexity index is 650. The first kappa shape index (κ1) is 12.4. The normalized spacial score (nSPS) is 12.2. The van der Waals surface area contributed by atoms with E-state index in [1.54, 1.807) is 12.4 Å². The number of aromatic nitrogens is 3. The van der Waals surface area contributed by atoms with Crippen LogP contribution in [0, 0.1) is 6.92 Å². The van der Waals surface area contributed by atoms with Crippen molar-refractivity contribution < 1.29 is 0 Å². The zero-order valence-corrected chi connectivity index (χ0v) is 11.3. The molecule has 100 valence electrons. The average molecular weight is 264 g/mol. The Balaban J connectivity index is 2.17. The van der Waals surface area contributed by atoms with Gasteiger partial charge in [-0.25, -0.2) is 4.68 Å². The average Bonchev–Trinajstić information content (AvgIpc) is 2.82. The minimum Gasteiger partial charge on any atom is -0.384 e. The number of aryl methyl sites for hydroxylation is 1. The van der Waals surface area contributed by atoms with Crippen molar-refractivity contribution in [3.63, 3.8) is 0 Å². The number of anilines is 1. The summed E-state index contributed by atoms with van der Waals surface area (Å²) in [6.45, 7) is 1.96. The lowest BCUT2D eigenvalue weighted by Crippen LogP contribution is -2.17. The summed E-state index contributed by atoms with van der Waals surface area (Å²) in [7, 11) is 0. The Labute approximate surface area is 117 Å². The van der Waals surface area contributed by atoms with Gasteiger partial charge < -0.3 is 5.73 Å². The van der Waals surface area contributed by atoms with E-state index < -0.39 is 0 Å². The lowest BCUT2D eigenvalue weighted by Gasteiger charge is -2.19. The van der Waals surface area contributed by atoms with Crippen LogP contribution in [-0.2, 0) is 0 Å². The Hall–Kier alpha value is -2.62. The smallest absolute Gasteiger partial charge is 0.125 e. The summed E-state index contributed by atoms with van der Waals surface area (Å²) < 4.78 is 1.83. The van der Waals surface area contributed by atoms with Crippen molar-refractivity contribution in [2.45, 2.75) is 13.0 Å². The van der Waals surface area contributed by atoms with Gasteiger partial charge in [-0.2, -0.15) is 5.10 Å². The van der Waals surface area contributed by atoms with Gasteiger partial charge in [-0.15, -0.1) is 0 Å². The Morgan fingerprint density at radius 1 is 1.05 bits per heavy atom. The van der Waals surface area contributed by atoms with Gasteiger partial charge in [0.2, 0.25) is 0 Å². The van der Waals surface area contributed by atoms with Gasteiger partial charge >= 0.3 is 0 Å². The monoisotopic (exact) mass is 264 g/mol. The van der Waals surface area contributed by atoms with Crippen molar-refractivity contribution >= 4 is 5.82 Å². The Morgan fingerprint density at radius 2 is 1.80 bits per heavy atom. The molecule has 0 saturated carbocycles. The summed E-state index contributed by atoms with van der Waals surface area (Å²) in [4.78, 5) is 4.47. The van der Waals surface area contributed by atoms with Crippen molar-refractivity contribution in [1.29, 1.82) is 0 Å². The summed E-state index contributed by atoms with van der Waals surface area (Å²) in [5, 5.41) is 4.42. The standard InChI is InChI=1S/C16H16N4/c1-12-11-19-20(16(12)17)15(13-7-3-2-4-8-13)14-9-5-6-10-18-14/h2-11,15H,17H2,1H3. The lowest BCUT2D eigenvalue weighted by molar-refractivity contribution is 0.590. The first-order chi connectivity index (χ1) is 9.77. The van der Waals surface area contributed by atoms with E-state index in [1.165, 1.54) is 0 Å². The number of rotatable bonds is 3. The van der Waals surface area contributed by atoms with E-state index in [-0.39, 0.29) is 6.04 Å². The van der Waals surface area contributed by atoms with Crippen molar-refractivity contribution in [2.75, 3.05) is 5.73 Å². The SMILES string of the molecule is Cc1cnn(C(c2ccccc2)c2ccccn2)c1N. The molecule has 1 atom stereocenters. The third kappa shape index (κ3) is 2.16. The Kier molecular flexibility index (Phi) is 3.21. The van der Waals surface area contributed by atoms with Gasteiger partial charge in [0, 0.05) is 11.8 Å². The van der Waals surface area contributed by atoms with Crippen LogP contribution in [0.4, 0.5) is 5.82 Å². The van der Waals surface area contributed by atoms with Crippen LogP contribution in [0.2, 0.25) is 0 Å². The molecule has 20 heavy (non-hydrogen) atoms. The highest BCUT2D eigenvalue weighted by Gasteiger charge is 2.20. The molecule has 2 heterocycles. The fourth-order valence-electron chi connectivity index (χ4n) is 2.27. The van der Waals surface area contributed by atoms with E-state index in [9.17, 15) is 0 Å². The molecular formula is C16H16N4. The minimum atomic E-state index is -0.105. The zero-order valence-electron chi connectivity index (χ0n) is 11.3. The van der Waals surface area contributed by atoms with Crippen LogP contribution >= 0.6 is 0 Å². The summed E-state index contributed by atoms with van der Waals surface area (Å²) in [6, 6.07) is 15.9. The van der Waals surface area contributed by atoms with Gasteiger partial charge in [0.15, 0.2) is 0 Å². The molecular weight excluding hydrogens is 248 g/mol. The van der Waals surface area contributed by atoms with Crippen LogP contribution in [-0.4, -0.2) is 14.8 Å². The highest BCUT2D eigenvalue weighted by atomic mass is 15.3. The number of nitrogens with zero attached hydrogens (tertiary/aromatic N) is 3. The predicted molar refractivity (Wildman–Crippen MR) is 79.3 cm³/mol. The molecule has 1 unspecified atom stereocenters. The van der Waals surface area contributed by atoms with Gasteiger partial charge in [0.25, 0.3) is 0 Å². The van der Waals surface area contributed by atoms with E-state index in [4.69, 9.17) is 5.73 Å². The predicted octanol–water partition coefficient (Wildman–Crippen LogP) is 2.81. The van der Waals surface area contributed by atoms with Gasteiger partial charge in [0.05, 0.1) is 11.9 Å². The maximum atomic E-state index is 6.15. The molecule has 0 amide bonds. The van der Waals surface area contributed by atoms with Gasteiger partial charge in [-0.05, 0) is 24.6 Å². The van der Waals surface area contributed by atoms with Gasteiger partial charge in [0.1, 0.15) is 11.9 Å². The number of benzene rings is 1. The maximum Gasteiger partial charge on any atom is 0.125 e. The van der Waals surface area contributed by atoms with Crippen LogP contribution in [0.5, 0.6) is 0 Å². The largest absolute Gasteiger partial charge is 0.384 e. The fourth-order valence-corrected chi connectivity index (χ4v) is 2.27. The van der Waals surface area contributed by atoms with Gasteiger partial charge in [-0.1, -0.05) is 36.4 Å². The second kappa shape index (κ2) is 5.17. The van der Waals surface area contributed by atoms with Crippen molar-refractivity contribution in [3.05, 3.63) is 77.7 Å². The number of hydrogen-bond donors (Lipinski definition) is 1. The second-order valence-corrected chi connectivity index (χ2v) is 4.73. The molecule has 4 heteroatoms. The molecule has 0 radical (unpaired) electrons. The molecule has 0 aliphatic rings. The molecule has 0 aliphatic heterocycles. The van der Waals surface area contributed by atoms with Gasteiger partial charge in [-0.3, -0.25) is 4.98 Å². The van der Waals surface area contributed by atoms with E-state index in [2.05, 4.69) is 22.2 Å². The lowest BCUT2D eigenvalue weighted by atomic mass is 10.0. The highest BCUT2D eigenvalue weighted by Crippen LogP contribution is 2.27. The summed E-state index contributed by atoms with van der Waals surface area (Å²) >= 11 is 0. The fraction of sp³-hybridized carbons (Fsp3) is 0.125. The van der Waals surface area contributed by atoms with Crippen LogP contribution in [0.25, 0.3) is 0 Å². The molecule has 1 aromatic carbocycles. The number of pyridine rings is 1. The van der Waals surface area contributed by atoms with E-state index >= 15 is 0 Å². The molecule has 3 aromatic rings. The van der Waals surface area contributed by atoms with Crippen LogP contribution in [0.3, 0.4) is 0 Å². The van der Waals surface area contributed by atoms with Crippen molar-refractivity contribution in [3.8, 4) is 0 Å². The summed E-state index contributed by atoms with van der Waals surface area (Å²) in [5.74, 6) is 0.671. The molecule has 0 fully saturated rings. The number of hydrogen-bond acceptors (Lipinski definition) is 3. The van der Waals surface area contributed by atoms with E-state index in [0.29, 0.717) is 5.82 Å². The molecule has 0 spiro atoms. The van der Waals surface area contributed by atoms with Crippen molar-refractivity contribution in [1.82, 2.24) is 14.8 Å². The van der Waals surface area contributed by atoms with E-state index in [1.807, 2.05) is 48.0 Å². The van der Waals surface area contributed by atoms with Crippen LogP contribution in [0.1, 0.15) is 22.9 Å². The zero-order chi connectivity index (χ0) is 13.9.